The van der Waals surface area contributed by atoms with Crippen molar-refractivity contribution in [2.24, 2.45) is 0 Å². The lowest BCUT2D eigenvalue weighted by molar-refractivity contribution is -0.253. The standard InChI is InChI=1S/C11H12F3N3O2S/c1-5(2)19-9(12)11(13,14)17-6-3-4-15-7(6)8(18)16-10(17)20/h3-5,9,15H,1-2H3,(H,16,18,20). The number of rotatable bonds is 4. The molecule has 0 saturated heterocycles. The monoisotopic (exact) mass is 307 g/mol. The third-order valence-electron chi connectivity index (χ3n) is 2.58. The number of fused-ring (bicyclic) bond motifs is 1. The molecule has 0 aliphatic carbocycles. The molecule has 1 atom stereocenters. The fourth-order valence-corrected chi connectivity index (χ4v) is 2.09. The van der Waals surface area contributed by atoms with Crippen molar-refractivity contribution in [3.05, 3.63) is 27.4 Å². The number of nitrogens with zero attached hydrogens (tertiary/aromatic N) is 1. The Morgan fingerprint density at radius 2 is 2.10 bits per heavy atom. The van der Waals surface area contributed by atoms with Crippen molar-refractivity contribution in [1.82, 2.24) is 14.5 Å². The van der Waals surface area contributed by atoms with Gasteiger partial charge in [0.2, 0.25) is 0 Å². The lowest BCUT2D eigenvalue weighted by Gasteiger charge is -2.25. The first-order valence-corrected chi connectivity index (χ1v) is 6.16. The lowest BCUT2D eigenvalue weighted by atomic mass is 10.4. The van der Waals surface area contributed by atoms with E-state index in [-0.39, 0.29) is 15.6 Å². The summed E-state index contributed by atoms with van der Waals surface area (Å²) >= 11 is 4.71. The third-order valence-corrected chi connectivity index (χ3v) is 2.86. The normalized spacial score (nSPS) is 14.1. The smallest absolute Gasteiger partial charge is 0.355 e. The summed E-state index contributed by atoms with van der Waals surface area (Å²) in [5.41, 5.74) is -0.962. The third kappa shape index (κ3) is 2.38. The molecule has 5 nitrogen and oxygen atoms in total. The molecule has 0 aliphatic rings. The van der Waals surface area contributed by atoms with Gasteiger partial charge in [0.25, 0.3) is 11.9 Å². The second-order valence-corrected chi connectivity index (χ2v) is 4.81. The van der Waals surface area contributed by atoms with Gasteiger partial charge < -0.3 is 9.72 Å². The zero-order chi connectivity index (χ0) is 15.1. The van der Waals surface area contributed by atoms with Gasteiger partial charge in [0, 0.05) is 6.20 Å². The van der Waals surface area contributed by atoms with E-state index < -0.39 is 28.8 Å². The molecule has 2 N–H and O–H groups in total. The van der Waals surface area contributed by atoms with Gasteiger partial charge in [-0.2, -0.15) is 8.78 Å². The first-order valence-electron chi connectivity index (χ1n) is 5.75. The maximum Gasteiger partial charge on any atom is 0.387 e. The Kier molecular flexibility index (Phi) is 3.74. The molecule has 0 aliphatic heterocycles. The molecular weight excluding hydrogens is 295 g/mol. The van der Waals surface area contributed by atoms with Crippen LogP contribution in [0.5, 0.6) is 0 Å². The van der Waals surface area contributed by atoms with Gasteiger partial charge in [0.1, 0.15) is 5.52 Å². The van der Waals surface area contributed by atoms with E-state index in [0.29, 0.717) is 0 Å². The van der Waals surface area contributed by atoms with Gasteiger partial charge in [-0.1, -0.05) is 0 Å². The Morgan fingerprint density at radius 3 is 2.70 bits per heavy atom. The summed E-state index contributed by atoms with van der Waals surface area (Å²) in [6.07, 6.45) is -2.33. The van der Waals surface area contributed by atoms with Crippen LogP contribution >= 0.6 is 12.2 Å². The number of nitrogens with one attached hydrogen (secondary N) is 2. The highest BCUT2D eigenvalue weighted by Gasteiger charge is 2.45. The van der Waals surface area contributed by atoms with Gasteiger partial charge >= 0.3 is 6.05 Å². The number of hydrogen-bond acceptors (Lipinski definition) is 3. The van der Waals surface area contributed by atoms with Crippen LogP contribution in [0.15, 0.2) is 17.1 Å². The van der Waals surface area contributed by atoms with Crippen LogP contribution in [0.1, 0.15) is 13.8 Å². The largest absolute Gasteiger partial charge is 0.387 e. The number of aromatic nitrogens is 3. The molecule has 0 saturated carbocycles. The predicted octanol–water partition coefficient (Wildman–Crippen LogP) is 2.66. The van der Waals surface area contributed by atoms with Crippen molar-refractivity contribution in [3.8, 4) is 0 Å². The minimum absolute atomic E-state index is 0.116. The molecule has 0 aromatic carbocycles. The van der Waals surface area contributed by atoms with E-state index in [2.05, 4.69) is 14.7 Å². The highest BCUT2D eigenvalue weighted by molar-refractivity contribution is 7.71. The first-order chi connectivity index (χ1) is 9.25. The van der Waals surface area contributed by atoms with Crippen molar-refractivity contribution < 1.29 is 17.9 Å². The fourth-order valence-electron chi connectivity index (χ4n) is 1.77. The molecule has 0 fully saturated rings. The molecule has 0 amide bonds. The SMILES string of the molecule is CC(C)OC(F)C(F)(F)n1c(=S)[nH]c(=O)c2[nH]ccc21. The molecule has 2 aromatic heterocycles. The number of alkyl halides is 3. The summed E-state index contributed by atoms with van der Waals surface area (Å²) in [5.74, 6) is 0. The topological polar surface area (TPSA) is 62.8 Å². The van der Waals surface area contributed by atoms with Gasteiger partial charge in [-0.15, -0.1) is 0 Å². The van der Waals surface area contributed by atoms with Gasteiger partial charge in [0.05, 0.1) is 11.6 Å². The number of aromatic amines is 2. The molecule has 0 spiro atoms. The van der Waals surface area contributed by atoms with Crippen LogP contribution < -0.4 is 5.56 Å². The maximum absolute atomic E-state index is 14.2. The van der Waals surface area contributed by atoms with Crippen LogP contribution in [0.25, 0.3) is 11.0 Å². The van der Waals surface area contributed by atoms with Crippen LogP contribution in [-0.2, 0) is 10.8 Å². The minimum Gasteiger partial charge on any atom is -0.355 e. The predicted molar refractivity (Wildman–Crippen MR) is 69.1 cm³/mol. The number of halogens is 3. The fraction of sp³-hybridized carbons (Fsp3) is 0.455. The zero-order valence-corrected chi connectivity index (χ0v) is 11.4. The van der Waals surface area contributed by atoms with Crippen molar-refractivity contribution in [3.63, 3.8) is 0 Å². The second-order valence-electron chi connectivity index (χ2n) is 4.42. The summed E-state index contributed by atoms with van der Waals surface area (Å²) in [7, 11) is 0. The van der Waals surface area contributed by atoms with Crippen LogP contribution in [0.4, 0.5) is 13.2 Å². The van der Waals surface area contributed by atoms with Crippen molar-refractivity contribution >= 4 is 23.3 Å². The lowest BCUT2D eigenvalue weighted by Crippen LogP contribution is -2.39. The second kappa shape index (κ2) is 5.06. The average molecular weight is 307 g/mol. The molecular formula is C11H12F3N3O2S. The van der Waals surface area contributed by atoms with E-state index in [1.54, 1.807) is 0 Å². The number of ether oxygens (including phenoxy) is 1. The number of hydrogen-bond donors (Lipinski definition) is 2. The van der Waals surface area contributed by atoms with Gasteiger partial charge in [-0.25, -0.2) is 4.39 Å². The van der Waals surface area contributed by atoms with E-state index in [9.17, 15) is 18.0 Å². The maximum atomic E-state index is 14.2. The molecule has 2 aromatic rings. The van der Waals surface area contributed by atoms with E-state index in [0.717, 1.165) is 0 Å². The highest BCUT2D eigenvalue weighted by Crippen LogP contribution is 2.31. The van der Waals surface area contributed by atoms with Crippen LogP contribution in [0, 0.1) is 4.77 Å². The van der Waals surface area contributed by atoms with Crippen molar-refractivity contribution in [2.45, 2.75) is 32.4 Å². The van der Waals surface area contributed by atoms with Crippen LogP contribution in [0.2, 0.25) is 0 Å². The quantitative estimate of drug-likeness (QED) is 0.854. The Labute approximate surface area is 116 Å². The van der Waals surface area contributed by atoms with Crippen LogP contribution in [0.3, 0.4) is 0 Å². The van der Waals surface area contributed by atoms with Gasteiger partial charge in [-0.3, -0.25) is 14.3 Å². The van der Waals surface area contributed by atoms with Crippen molar-refractivity contribution in [2.75, 3.05) is 0 Å². The van der Waals surface area contributed by atoms with E-state index in [4.69, 9.17) is 12.2 Å². The Morgan fingerprint density at radius 1 is 1.45 bits per heavy atom. The molecule has 2 rings (SSSR count). The summed E-state index contributed by atoms with van der Waals surface area (Å²) in [4.78, 5) is 16.1. The van der Waals surface area contributed by atoms with E-state index in [1.807, 2.05) is 0 Å². The molecule has 2 heterocycles. The van der Waals surface area contributed by atoms with Gasteiger partial charge in [0.15, 0.2) is 4.77 Å². The summed E-state index contributed by atoms with van der Waals surface area (Å²) < 4.78 is 46.2. The summed E-state index contributed by atoms with van der Waals surface area (Å²) in [5, 5.41) is 0. The Hall–Kier alpha value is -1.61. The zero-order valence-electron chi connectivity index (χ0n) is 10.6. The Bertz CT molecular complexity index is 734. The molecule has 110 valence electrons. The van der Waals surface area contributed by atoms with E-state index in [1.165, 1.54) is 26.1 Å². The Balaban J connectivity index is 2.65. The molecule has 20 heavy (non-hydrogen) atoms. The van der Waals surface area contributed by atoms with Gasteiger partial charge in [-0.05, 0) is 32.1 Å². The minimum atomic E-state index is -4.05. The molecule has 0 radical (unpaired) electrons. The average Bonchev–Trinajstić information content (AvgIpc) is 2.76. The molecule has 1 unspecified atom stereocenters. The number of H-pyrrole nitrogens is 2. The van der Waals surface area contributed by atoms with Crippen LogP contribution in [-0.4, -0.2) is 27.0 Å². The van der Waals surface area contributed by atoms with Crippen molar-refractivity contribution in [1.29, 1.82) is 0 Å². The molecule has 0 bridgehead atoms. The first kappa shape index (κ1) is 14.8. The molecule has 9 heteroatoms. The summed E-state index contributed by atoms with van der Waals surface area (Å²) in [6, 6.07) is -2.83. The summed E-state index contributed by atoms with van der Waals surface area (Å²) in [6.45, 7) is 2.86. The van der Waals surface area contributed by atoms with E-state index >= 15 is 0 Å². The highest BCUT2D eigenvalue weighted by atomic mass is 32.1.